The molecule has 14 heavy (non-hydrogen) atoms. The van der Waals surface area contributed by atoms with Crippen molar-refractivity contribution in [2.75, 3.05) is 26.3 Å². The summed E-state index contributed by atoms with van der Waals surface area (Å²) in [5.74, 6) is -0.151. The van der Waals surface area contributed by atoms with Crippen LogP contribution in [0.2, 0.25) is 0 Å². The standard InChI is InChI=1S/C10H19NO3/c1-4-10(2,3)9(12)14-11-5-7-13-8-6-11/h4-8H2,1-3H3. The summed E-state index contributed by atoms with van der Waals surface area (Å²) in [5.41, 5.74) is -0.391. The molecule has 82 valence electrons. The maximum atomic E-state index is 11.7. The van der Waals surface area contributed by atoms with E-state index < -0.39 is 5.41 Å². The second kappa shape index (κ2) is 4.75. The molecule has 1 heterocycles. The average molecular weight is 201 g/mol. The Morgan fingerprint density at radius 2 is 2.00 bits per heavy atom. The number of carbonyl (C=O) groups is 1. The van der Waals surface area contributed by atoms with Crippen LogP contribution < -0.4 is 0 Å². The van der Waals surface area contributed by atoms with Crippen molar-refractivity contribution in [2.24, 2.45) is 5.41 Å². The normalized spacial score (nSPS) is 19.4. The van der Waals surface area contributed by atoms with Crippen molar-refractivity contribution in [2.45, 2.75) is 27.2 Å². The van der Waals surface area contributed by atoms with E-state index >= 15 is 0 Å². The van der Waals surface area contributed by atoms with E-state index in [4.69, 9.17) is 9.57 Å². The fourth-order valence-corrected chi connectivity index (χ4v) is 1.02. The van der Waals surface area contributed by atoms with Crippen molar-refractivity contribution in [3.63, 3.8) is 0 Å². The lowest BCUT2D eigenvalue weighted by Crippen LogP contribution is -2.41. The molecule has 0 aliphatic carbocycles. The largest absolute Gasteiger partial charge is 0.379 e. The zero-order valence-electron chi connectivity index (χ0n) is 9.21. The van der Waals surface area contributed by atoms with E-state index in [2.05, 4.69) is 0 Å². The van der Waals surface area contributed by atoms with E-state index in [-0.39, 0.29) is 5.97 Å². The summed E-state index contributed by atoms with van der Waals surface area (Å²) in [7, 11) is 0. The lowest BCUT2D eigenvalue weighted by Gasteiger charge is -2.29. The Morgan fingerprint density at radius 3 is 2.50 bits per heavy atom. The second-order valence-electron chi connectivity index (χ2n) is 4.16. The van der Waals surface area contributed by atoms with Gasteiger partial charge in [-0.15, -0.1) is 5.06 Å². The number of hydroxylamine groups is 2. The lowest BCUT2D eigenvalue weighted by atomic mass is 9.91. The smallest absolute Gasteiger partial charge is 0.330 e. The minimum absolute atomic E-state index is 0.151. The minimum Gasteiger partial charge on any atom is -0.379 e. The first-order valence-electron chi connectivity index (χ1n) is 5.11. The van der Waals surface area contributed by atoms with Crippen LogP contribution in [0.25, 0.3) is 0 Å². The molecule has 0 atom stereocenters. The van der Waals surface area contributed by atoms with Crippen LogP contribution in [-0.2, 0) is 14.4 Å². The SMILES string of the molecule is CCC(C)(C)C(=O)ON1CCOCC1. The number of hydrogen-bond donors (Lipinski definition) is 0. The highest BCUT2D eigenvalue weighted by Gasteiger charge is 2.29. The minimum atomic E-state index is -0.391. The van der Waals surface area contributed by atoms with Gasteiger partial charge in [-0.3, -0.25) is 0 Å². The number of rotatable bonds is 3. The van der Waals surface area contributed by atoms with Crippen LogP contribution in [0, 0.1) is 5.41 Å². The van der Waals surface area contributed by atoms with Gasteiger partial charge in [-0.25, -0.2) is 4.79 Å². The summed E-state index contributed by atoms with van der Waals surface area (Å²) in [5, 5.41) is 1.68. The highest BCUT2D eigenvalue weighted by molar-refractivity contribution is 5.75. The highest BCUT2D eigenvalue weighted by Crippen LogP contribution is 2.22. The molecular weight excluding hydrogens is 182 g/mol. The van der Waals surface area contributed by atoms with E-state index in [1.807, 2.05) is 20.8 Å². The third kappa shape index (κ3) is 2.96. The topological polar surface area (TPSA) is 38.8 Å². The van der Waals surface area contributed by atoms with Gasteiger partial charge in [0.1, 0.15) is 0 Å². The molecule has 4 heteroatoms. The van der Waals surface area contributed by atoms with Gasteiger partial charge in [-0.05, 0) is 20.3 Å². The summed E-state index contributed by atoms with van der Waals surface area (Å²) in [6.45, 7) is 8.41. The first-order chi connectivity index (χ1) is 6.56. The number of carbonyl (C=O) groups excluding carboxylic acids is 1. The van der Waals surface area contributed by atoms with E-state index in [9.17, 15) is 4.79 Å². The van der Waals surface area contributed by atoms with Crippen LogP contribution in [0.1, 0.15) is 27.2 Å². The quantitative estimate of drug-likeness (QED) is 0.688. The van der Waals surface area contributed by atoms with Crippen LogP contribution in [0.15, 0.2) is 0 Å². The third-order valence-electron chi connectivity index (χ3n) is 2.62. The van der Waals surface area contributed by atoms with E-state index in [0.717, 1.165) is 6.42 Å². The predicted octanol–water partition coefficient (Wildman–Crippen LogP) is 1.21. The summed E-state index contributed by atoms with van der Waals surface area (Å²) >= 11 is 0. The maximum Gasteiger partial charge on any atom is 0.330 e. The fraction of sp³-hybridized carbons (Fsp3) is 0.900. The van der Waals surface area contributed by atoms with Gasteiger partial charge in [0.15, 0.2) is 0 Å². The van der Waals surface area contributed by atoms with Crippen molar-refractivity contribution in [3.8, 4) is 0 Å². The van der Waals surface area contributed by atoms with E-state index in [0.29, 0.717) is 26.3 Å². The molecule has 0 spiro atoms. The molecule has 1 saturated heterocycles. The fourth-order valence-electron chi connectivity index (χ4n) is 1.02. The van der Waals surface area contributed by atoms with Crippen molar-refractivity contribution < 1.29 is 14.4 Å². The van der Waals surface area contributed by atoms with Crippen molar-refractivity contribution in [1.29, 1.82) is 0 Å². The van der Waals surface area contributed by atoms with Gasteiger partial charge in [0.25, 0.3) is 0 Å². The molecule has 0 radical (unpaired) electrons. The molecule has 0 N–H and O–H groups in total. The zero-order valence-corrected chi connectivity index (χ0v) is 9.21. The monoisotopic (exact) mass is 201 g/mol. The number of hydrogen-bond acceptors (Lipinski definition) is 4. The van der Waals surface area contributed by atoms with Crippen molar-refractivity contribution in [1.82, 2.24) is 5.06 Å². The molecule has 4 nitrogen and oxygen atoms in total. The Bertz CT molecular complexity index is 198. The number of morpholine rings is 1. The maximum absolute atomic E-state index is 11.7. The van der Waals surface area contributed by atoms with Crippen LogP contribution in [0.4, 0.5) is 0 Å². The van der Waals surface area contributed by atoms with Crippen LogP contribution in [-0.4, -0.2) is 37.3 Å². The summed E-state index contributed by atoms with van der Waals surface area (Å²) < 4.78 is 5.16. The molecule has 0 aromatic rings. The van der Waals surface area contributed by atoms with Gasteiger partial charge in [-0.2, -0.15) is 0 Å². The number of nitrogens with zero attached hydrogens (tertiary/aromatic N) is 1. The van der Waals surface area contributed by atoms with E-state index in [1.54, 1.807) is 5.06 Å². The van der Waals surface area contributed by atoms with Crippen molar-refractivity contribution in [3.05, 3.63) is 0 Å². The molecule has 0 amide bonds. The summed E-state index contributed by atoms with van der Waals surface area (Å²) in [6.07, 6.45) is 0.788. The first kappa shape index (κ1) is 11.5. The third-order valence-corrected chi connectivity index (χ3v) is 2.62. The molecule has 0 aromatic heterocycles. The molecule has 1 fully saturated rings. The average Bonchev–Trinajstić information content (AvgIpc) is 2.19. The van der Waals surface area contributed by atoms with Gasteiger partial charge in [-0.1, -0.05) is 6.92 Å². The van der Waals surface area contributed by atoms with Crippen molar-refractivity contribution >= 4 is 5.97 Å². The molecule has 0 saturated carbocycles. The predicted molar refractivity (Wildman–Crippen MR) is 52.6 cm³/mol. The van der Waals surface area contributed by atoms with Gasteiger partial charge < -0.3 is 9.57 Å². The van der Waals surface area contributed by atoms with E-state index in [1.165, 1.54) is 0 Å². The van der Waals surface area contributed by atoms with Gasteiger partial charge >= 0.3 is 5.97 Å². The van der Waals surface area contributed by atoms with Crippen LogP contribution in [0.5, 0.6) is 0 Å². The molecule has 0 unspecified atom stereocenters. The Labute approximate surface area is 85.1 Å². The molecule has 0 bridgehead atoms. The lowest BCUT2D eigenvalue weighted by molar-refractivity contribution is -0.215. The summed E-state index contributed by atoms with van der Waals surface area (Å²) in [6, 6.07) is 0. The number of ether oxygens (including phenoxy) is 1. The van der Waals surface area contributed by atoms with Gasteiger partial charge in [0.2, 0.25) is 0 Å². The Hall–Kier alpha value is -0.610. The van der Waals surface area contributed by atoms with Gasteiger partial charge in [0.05, 0.1) is 31.7 Å². The van der Waals surface area contributed by atoms with Crippen LogP contribution >= 0.6 is 0 Å². The molecule has 1 aliphatic heterocycles. The zero-order chi connectivity index (χ0) is 10.6. The molecule has 1 rings (SSSR count). The second-order valence-corrected chi connectivity index (χ2v) is 4.16. The highest BCUT2D eigenvalue weighted by atomic mass is 16.7. The molecular formula is C10H19NO3. The Kier molecular flexibility index (Phi) is 3.89. The molecule has 1 aliphatic rings. The first-order valence-corrected chi connectivity index (χ1v) is 5.11. The van der Waals surface area contributed by atoms with Gasteiger partial charge in [0, 0.05) is 0 Å². The molecule has 0 aromatic carbocycles. The Morgan fingerprint density at radius 1 is 1.43 bits per heavy atom. The summed E-state index contributed by atoms with van der Waals surface area (Å²) in [4.78, 5) is 16.9. The Balaban J connectivity index is 2.39. The van der Waals surface area contributed by atoms with Crippen LogP contribution in [0.3, 0.4) is 0 Å².